The van der Waals surface area contributed by atoms with Gasteiger partial charge in [0.25, 0.3) is 0 Å². The highest BCUT2D eigenvalue weighted by Crippen LogP contribution is 2.55. The van der Waals surface area contributed by atoms with Crippen molar-refractivity contribution in [3.05, 3.63) is 98.1 Å². The Bertz CT molecular complexity index is 1270. The summed E-state index contributed by atoms with van der Waals surface area (Å²) in [5.74, 6) is -1.11. The molecular weight excluding hydrogens is 573 g/mol. The lowest BCUT2D eigenvalue weighted by Gasteiger charge is -2.38. The van der Waals surface area contributed by atoms with E-state index in [4.69, 9.17) is 0 Å². The number of amides is 1. The number of thioether (sulfide) groups is 1. The zero-order chi connectivity index (χ0) is 24.7. The number of aliphatic carboxylic acids is 1. The number of hydrogen-bond acceptors (Lipinski definition) is 4. The Morgan fingerprint density at radius 1 is 1.09 bits per heavy atom. The van der Waals surface area contributed by atoms with Gasteiger partial charge in [-0.2, -0.15) is 0 Å². The average Bonchev–Trinajstić information content (AvgIpc) is 3.39. The standard InChI is InChI=1S/C28H26INO4S/c1-17-6-9-22(10-7-17)35-28(27(33)34)15-25(32)30(21-13-19-4-2-3-5-20(19)14-21)26(28)23-11-8-18(16-31)12-24(23)29/h2-12,21,26,31H,13-16H2,1H3,(H,33,34)/t26-,28-/m1/s1. The molecule has 35 heavy (non-hydrogen) atoms. The van der Waals surface area contributed by atoms with Crippen LogP contribution in [0.2, 0.25) is 0 Å². The van der Waals surface area contributed by atoms with Crippen molar-refractivity contribution in [1.82, 2.24) is 4.90 Å². The van der Waals surface area contributed by atoms with E-state index in [9.17, 15) is 19.8 Å². The minimum Gasteiger partial charge on any atom is -0.480 e. The zero-order valence-corrected chi connectivity index (χ0v) is 22.3. The fraction of sp³-hybridized carbons (Fsp3) is 0.286. The van der Waals surface area contributed by atoms with E-state index in [0.717, 1.165) is 25.2 Å². The molecule has 180 valence electrons. The fourth-order valence-electron chi connectivity index (χ4n) is 5.36. The van der Waals surface area contributed by atoms with Gasteiger partial charge in [0.05, 0.1) is 19.1 Å². The number of carbonyl (C=O) groups is 2. The first-order valence-electron chi connectivity index (χ1n) is 11.6. The quantitative estimate of drug-likeness (QED) is 0.384. The number of halogens is 1. The molecule has 7 heteroatoms. The normalized spacial score (nSPS) is 22.0. The fourth-order valence-corrected chi connectivity index (χ4v) is 7.57. The zero-order valence-electron chi connectivity index (χ0n) is 19.3. The number of aliphatic hydroxyl groups is 1. The predicted octanol–water partition coefficient (Wildman–Crippen LogP) is 5.15. The summed E-state index contributed by atoms with van der Waals surface area (Å²) in [5, 5.41) is 20.3. The van der Waals surface area contributed by atoms with E-state index in [2.05, 4.69) is 34.7 Å². The van der Waals surface area contributed by atoms with Crippen LogP contribution in [0.1, 0.15) is 40.3 Å². The molecule has 1 amide bonds. The number of aliphatic hydroxyl groups excluding tert-OH is 1. The second-order valence-electron chi connectivity index (χ2n) is 9.33. The van der Waals surface area contributed by atoms with Gasteiger partial charge >= 0.3 is 5.97 Å². The number of aryl methyl sites for hydroxylation is 1. The Kier molecular flexibility index (Phi) is 6.67. The number of nitrogens with zero attached hydrogens (tertiary/aromatic N) is 1. The molecule has 1 saturated heterocycles. The van der Waals surface area contributed by atoms with Gasteiger partial charge in [-0.15, -0.1) is 11.8 Å². The lowest BCUT2D eigenvalue weighted by Crippen LogP contribution is -2.46. The molecule has 5 rings (SSSR count). The first-order chi connectivity index (χ1) is 16.8. The lowest BCUT2D eigenvalue weighted by molar-refractivity contribution is -0.140. The first-order valence-corrected chi connectivity index (χ1v) is 13.5. The van der Waals surface area contributed by atoms with Gasteiger partial charge in [-0.3, -0.25) is 9.59 Å². The largest absolute Gasteiger partial charge is 0.480 e. The summed E-state index contributed by atoms with van der Waals surface area (Å²) in [4.78, 5) is 29.5. The van der Waals surface area contributed by atoms with E-state index >= 15 is 0 Å². The maximum Gasteiger partial charge on any atom is 0.323 e. The molecule has 0 radical (unpaired) electrons. The summed E-state index contributed by atoms with van der Waals surface area (Å²) >= 11 is 3.48. The molecular formula is C28H26INO4S. The number of rotatable bonds is 6. The van der Waals surface area contributed by atoms with E-state index < -0.39 is 16.8 Å². The number of carboxylic acids is 1. The summed E-state index contributed by atoms with van der Waals surface area (Å²) in [6, 6.07) is 20.9. The van der Waals surface area contributed by atoms with Crippen LogP contribution in [0, 0.1) is 10.5 Å². The second kappa shape index (κ2) is 9.59. The minimum absolute atomic E-state index is 0.0732. The molecule has 1 heterocycles. The van der Waals surface area contributed by atoms with Crippen molar-refractivity contribution in [2.75, 3.05) is 0 Å². The highest BCUT2D eigenvalue weighted by Gasteiger charge is 2.60. The van der Waals surface area contributed by atoms with E-state index in [1.807, 2.05) is 66.4 Å². The molecule has 0 unspecified atom stereocenters. The number of carboxylic acid groups (broad SMARTS) is 1. The Morgan fingerprint density at radius 3 is 2.31 bits per heavy atom. The van der Waals surface area contributed by atoms with Crippen LogP contribution in [0.3, 0.4) is 0 Å². The summed E-state index contributed by atoms with van der Waals surface area (Å²) in [7, 11) is 0. The van der Waals surface area contributed by atoms with Crippen LogP contribution in [-0.4, -0.2) is 37.8 Å². The van der Waals surface area contributed by atoms with Crippen molar-refractivity contribution >= 4 is 46.2 Å². The third-order valence-corrected chi connectivity index (χ3v) is 9.42. The maximum absolute atomic E-state index is 13.7. The molecule has 5 nitrogen and oxygen atoms in total. The van der Waals surface area contributed by atoms with Gasteiger partial charge in [0.1, 0.15) is 0 Å². The van der Waals surface area contributed by atoms with E-state index in [1.165, 1.54) is 22.9 Å². The van der Waals surface area contributed by atoms with E-state index in [1.54, 1.807) is 0 Å². The van der Waals surface area contributed by atoms with Crippen molar-refractivity contribution in [1.29, 1.82) is 0 Å². The Balaban J connectivity index is 1.63. The predicted molar refractivity (Wildman–Crippen MR) is 144 cm³/mol. The van der Waals surface area contributed by atoms with E-state index in [-0.39, 0.29) is 25.0 Å². The SMILES string of the molecule is Cc1ccc(S[C@]2(C(=O)O)CC(=O)N(C3Cc4ccccc4C3)[C@@H]2c2ccc(CO)cc2I)cc1. The van der Waals surface area contributed by atoms with Crippen LogP contribution in [0.25, 0.3) is 0 Å². The number of fused-ring (bicyclic) bond motifs is 1. The van der Waals surface area contributed by atoms with Gasteiger partial charge in [0, 0.05) is 14.5 Å². The van der Waals surface area contributed by atoms with Crippen LogP contribution < -0.4 is 0 Å². The molecule has 0 bridgehead atoms. The molecule has 3 aromatic carbocycles. The number of benzene rings is 3. The van der Waals surface area contributed by atoms with Gasteiger partial charge in [-0.05, 0) is 82.8 Å². The number of likely N-dealkylation sites (tertiary alicyclic amines) is 1. The monoisotopic (exact) mass is 599 g/mol. The molecule has 3 aromatic rings. The van der Waals surface area contributed by atoms with Gasteiger partial charge in [0.2, 0.25) is 5.91 Å². The van der Waals surface area contributed by atoms with Crippen molar-refractivity contribution in [2.45, 2.75) is 54.5 Å². The van der Waals surface area contributed by atoms with Crippen molar-refractivity contribution < 1.29 is 19.8 Å². The van der Waals surface area contributed by atoms with Gasteiger partial charge in [-0.1, -0.05) is 54.1 Å². The highest BCUT2D eigenvalue weighted by molar-refractivity contribution is 14.1. The molecule has 2 atom stereocenters. The van der Waals surface area contributed by atoms with Crippen molar-refractivity contribution in [2.24, 2.45) is 0 Å². The topological polar surface area (TPSA) is 77.8 Å². The highest BCUT2D eigenvalue weighted by atomic mass is 127. The molecule has 1 aliphatic heterocycles. The third-order valence-electron chi connectivity index (χ3n) is 7.07. The third kappa shape index (κ3) is 4.38. The Morgan fingerprint density at radius 2 is 1.74 bits per heavy atom. The average molecular weight is 599 g/mol. The van der Waals surface area contributed by atoms with Gasteiger partial charge < -0.3 is 15.1 Å². The second-order valence-corrected chi connectivity index (χ2v) is 11.9. The summed E-state index contributed by atoms with van der Waals surface area (Å²) in [5.41, 5.74) is 5.10. The Labute approximate surface area is 222 Å². The molecule has 0 aromatic heterocycles. The molecule has 1 aliphatic carbocycles. The molecule has 0 saturated carbocycles. The first kappa shape index (κ1) is 24.3. The summed E-state index contributed by atoms with van der Waals surface area (Å²) in [6.07, 6.45) is 1.36. The maximum atomic E-state index is 13.7. The molecule has 2 aliphatic rings. The van der Waals surface area contributed by atoms with Crippen LogP contribution in [0.5, 0.6) is 0 Å². The number of hydrogen-bond donors (Lipinski definition) is 2. The summed E-state index contributed by atoms with van der Waals surface area (Å²) in [6.45, 7) is 1.90. The molecule has 2 N–H and O–H groups in total. The van der Waals surface area contributed by atoms with E-state index in [0.29, 0.717) is 12.8 Å². The van der Waals surface area contributed by atoms with Crippen LogP contribution >= 0.6 is 34.4 Å². The van der Waals surface area contributed by atoms with Gasteiger partial charge in [-0.25, -0.2) is 0 Å². The van der Waals surface area contributed by atoms with Crippen LogP contribution in [0.4, 0.5) is 0 Å². The van der Waals surface area contributed by atoms with Crippen molar-refractivity contribution in [3.63, 3.8) is 0 Å². The summed E-state index contributed by atoms with van der Waals surface area (Å²) < 4.78 is -0.522. The Hall–Kier alpha value is -2.36. The molecule has 1 fully saturated rings. The lowest BCUT2D eigenvalue weighted by atomic mass is 9.91. The van der Waals surface area contributed by atoms with Crippen LogP contribution in [0.15, 0.2) is 71.6 Å². The smallest absolute Gasteiger partial charge is 0.323 e. The van der Waals surface area contributed by atoms with Gasteiger partial charge in [0.15, 0.2) is 4.75 Å². The van der Waals surface area contributed by atoms with Crippen molar-refractivity contribution in [3.8, 4) is 0 Å². The molecule has 0 spiro atoms. The minimum atomic E-state index is -1.37. The van der Waals surface area contributed by atoms with Crippen LogP contribution in [-0.2, 0) is 29.0 Å². The number of carbonyl (C=O) groups excluding carboxylic acids is 1.